The molecule has 150 valence electrons. The number of hydrogen-bond donors (Lipinski definition) is 2. The van der Waals surface area contributed by atoms with Gasteiger partial charge < -0.3 is 20.5 Å². The summed E-state index contributed by atoms with van der Waals surface area (Å²) >= 11 is 0. The number of aromatic nitrogens is 1. The van der Waals surface area contributed by atoms with Gasteiger partial charge in [0.2, 0.25) is 5.88 Å². The maximum atomic E-state index is 12.5. The largest absolute Gasteiger partial charge is 0.573 e. The third-order valence-corrected chi connectivity index (χ3v) is 4.23. The number of hydrogen-bond acceptors (Lipinski definition) is 4. The quantitative estimate of drug-likeness (QED) is 0.566. The predicted octanol–water partition coefficient (Wildman–Crippen LogP) is 4.23. The summed E-state index contributed by atoms with van der Waals surface area (Å²) in [7, 11) is 0. The average Bonchev–Trinajstić information content (AvgIpc) is 3.14. The molecule has 1 aliphatic rings. The van der Waals surface area contributed by atoms with Gasteiger partial charge in [-0.25, -0.2) is 9.98 Å². The van der Waals surface area contributed by atoms with Gasteiger partial charge in [0.1, 0.15) is 6.10 Å². The van der Waals surface area contributed by atoms with E-state index in [2.05, 4.69) is 20.0 Å². The second-order valence-electron chi connectivity index (χ2n) is 6.36. The van der Waals surface area contributed by atoms with Gasteiger partial charge in [0, 0.05) is 11.8 Å². The van der Waals surface area contributed by atoms with E-state index in [9.17, 15) is 13.2 Å². The summed E-state index contributed by atoms with van der Waals surface area (Å²) in [6, 6.07) is 9.20. The zero-order valence-corrected chi connectivity index (χ0v) is 15.1. The van der Waals surface area contributed by atoms with Crippen molar-refractivity contribution in [3.8, 4) is 11.6 Å². The van der Waals surface area contributed by atoms with E-state index in [0.717, 1.165) is 31.2 Å². The normalized spacial score (nSPS) is 15.5. The van der Waals surface area contributed by atoms with Crippen LogP contribution in [-0.4, -0.2) is 23.4 Å². The highest BCUT2D eigenvalue weighted by Gasteiger charge is 2.32. The number of guanidine groups is 1. The van der Waals surface area contributed by atoms with Crippen LogP contribution >= 0.6 is 0 Å². The van der Waals surface area contributed by atoms with Crippen molar-refractivity contribution in [1.82, 2.24) is 4.98 Å². The zero-order valence-electron chi connectivity index (χ0n) is 15.1. The highest BCUT2D eigenvalue weighted by Crippen LogP contribution is 2.30. The Kier molecular flexibility index (Phi) is 6.23. The van der Waals surface area contributed by atoms with E-state index in [1.165, 1.54) is 18.2 Å². The number of pyridine rings is 1. The summed E-state index contributed by atoms with van der Waals surface area (Å²) < 4.78 is 47.5. The van der Waals surface area contributed by atoms with Crippen LogP contribution in [0.4, 0.5) is 18.9 Å². The number of nitrogens with one attached hydrogen (secondary N) is 1. The Labute approximate surface area is 160 Å². The Bertz CT molecular complexity index is 821. The summed E-state index contributed by atoms with van der Waals surface area (Å²) in [5, 5.41) is 2.64. The first-order valence-electron chi connectivity index (χ1n) is 8.93. The van der Waals surface area contributed by atoms with Gasteiger partial charge in [0.05, 0.1) is 12.2 Å². The molecule has 9 heteroatoms. The minimum Gasteiger partial charge on any atom is -0.474 e. The first kappa shape index (κ1) is 19.8. The monoisotopic (exact) mass is 394 g/mol. The van der Waals surface area contributed by atoms with Crippen LogP contribution in [-0.2, 0) is 6.54 Å². The second-order valence-corrected chi connectivity index (χ2v) is 6.36. The minimum atomic E-state index is -4.80. The molecule has 1 fully saturated rings. The number of nitrogens with two attached hydrogens (primary N) is 1. The number of para-hydroxylation sites is 2. The molecule has 1 aliphatic carbocycles. The number of alkyl halides is 3. The van der Waals surface area contributed by atoms with Gasteiger partial charge in [0.25, 0.3) is 0 Å². The molecule has 0 spiro atoms. The Morgan fingerprint density at radius 3 is 2.68 bits per heavy atom. The number of nitrogens with zero attached hydrogens (tertiary/aromatic N) is 2. The van der Waals surface area contributed by atoms with Gasteiger partial charge in [-0.1, -0.05) is 18.2 Å². The van der Waals surface area contributed by atoms with E-state index in [0.29, 0.717) is 5.88 Å². The lowest BCUT2D eigenvalue weighted by atomic mass is 10.2. The molecule has 0 unspecified atom stereocenters. The predicted molar refractivity (Wildman–Crippen MR) is 99.2 cm³/mol. The third-order valence-electron chi connectivity index (χ3n) is 4.23. The number of rotatable bonds is 6. The fourth-order valence-electron chi connectivity index (χ4n) is 2.95. The van der Waals surface area contributed by atoms with Gasteiger partial charge in [0.15, 0.2) is 11.7 Å². The molecule has 6 nitrogen and oxygen atoms in total. The standard InChI is InChI=1S/C19H21F3N4O2/c20-19(21,22)28-16-10-4-3-9-15(16)26-18(23)25-12-13-6-5-11-24-17(13)27-14-7-1-2-8-14/h3-6,9-11,14H,1-2,7-8,12H2,(H3,23,25,26). The van der Waals surface area contributed by atoms with Gasteiger partial charge in [-0.05, 0) is 43.9 Å². The Morgan fingerprint density at radius 2 is 1.93 bits per heavy atom. The third kappa shape index (κ3) is 5.77. The second kappa shape index (κ2) is 8.81. The van der Waals surface area contributed by atoms with Crippen molar-refractivity contribution < 1.29 is 22.6 Å². The van der Waals surface area contributed by atoms with E-state index in [1.807, 2.05) is 6.07 Å². The Balaban J connectivity index is 1.67. The first-order chi connectivity index (χ1) is 13.4. The Morgan fingerprint density at radius 1 is 1.18 bits per heavy atom. The van der Waals surface area contributed by atoms with Crippen LogP contribution in [0.5, 0.6) is 11.6 Å². The van der Waals surface area contributed by atoms with Crippen molar-refractivity contribution in [2.75, 3.05) is 5.32 Å². The van der Waals surface area contributed by atoms with Gasteiger partial charge in [-0.2, -0.15) is 0 Å². The SMILES string of the molecule is NC(=NCc1cccnc1OC1CCCC1)Nc1ccccc1OC(F)(F)F. The van der Waals surface area contributed by atoms with Gasteiger partial charge in [-0.15, -0.1) is 13.2 Å². The highest BCUT2D eigenvalue weighted by atomic mass is 19.4. The first-order valence-corrected chi connectivity index (χ1v) is 8.93. The van der Waals surface area contributed by atoms with Crippen LogP contribution in [0.15, 0.2) is 47.6 Å². The maximum absolute atomic E-state index is 12.5. The molecule has 1 aromatic carbocycles. The van der Waals surface area contributed by atoms with Crippen LogP contribution in [0, 0.1) is 0 Å². The molecule has 28 heavy (non-hydrogen) atoms. The molecule has 1 saturated carbocycles. The molecule has 1 heterocycles. The number of anilines is 1. The summed E-state index contributed by atoms with van der Waals surface area (Å²) in [6.07, 6.45) is 1.27. The lowest BCUT2D eigenvalue weighted by Crippen LogP contribution is -2.24. The smallest absolute Gasteiger partial charge is 0.474 e. The van der Waals surface area contributed by atoms with E-state index in [4.69, 9.17) is 10.5 Å². The molecule has 3 rings (SSSR count). The van der Waals surface area contributed by atoms with Crippen LogP contribution in [0.25, 0.3) is 0 Å². The number of halogens is 3. The van der Waals surface area contributed by atoms with Crippen molar-refractivity contribution in [1.29, 1.82) is 0 Å². The van der Waals surface area contributed by atoms with E-state index in [1.54, 1.807) is 18.3 Å². The summed E-state index contributed by atoms with van der Waals surface area (Å²) in [5.41, 5.74) is 6.65. The number of ether oxygens (including phenoxy) is 2. The molecule has 2 aromatic rings. The van der Waals surface area contributed by atoms with Gasteiger partial charge >= 0.3 is 6.36 Å². The maximum Gasteiger partial charge on any atom is 0.573 e. The van der Waals surface area contributed by atoms with Crippen molar-refractivity contribution in [2.45, 2.75) is 44.7 Å². The van der Waals surface area contributed by atoms with Crippen LogP contribution in [0.1, 0.15) is 31.2 Å². The molecule has 0 atom stereocenters. The van der Waals surface area contributed by atoms with Crippen molar-refractivity contribution in [2.24, 2.45) is 10.7 Å². The highest BCUT2D eigenvalue weighted by molar-refractivity contribution is 5.93. The number of benzene rings is 1. The minimum absolute atomic E-state index is 0.0473. The van der Waals surface area contributed by atoms with Crippen molar-refractivity contribution in [3.63, 3.8) is 0 Å². The molecule has 0 aliphatic heterocycles. The molecular formula is C19H21F3N4O2. The molecule has 0 amide bonds. The van der Waals surface area contributed by atoms with E-state index in [-0.39, 0.29) is 30.0 Å². The Hall–Kier alpha value is -2.97. The summed E-state index contributed by atoms with van der Waals surface area (Å²) in [6.45, 7) is 0.178. The number of aliphatic imine (C=N–C) groups is 1. The summed E-state index contributed by atoms with van der Waals surface area (Å²) in [4.78, 5) is 8.45. The molecule has 3 N–H and O–H groups in total. The van der Waals surface area contributed by atoms with Crippen LogP contribution < -0.4 is 20.5 Å². The lowest BCUT2D eigenvalue weighted by molar-refractivity contribution is -0.274. The average molecular weight is 394 g/mol. The van der Waals surface area contributed by atoms with E-state index < -0.39 is 6.36 Å². The zero-order chi connectivity index (χ0) is 20.0. The van der Waals surface area contributed by atoms with Crippen LogP contribution in [0.2, 0.25) is 0 Å². The molecular weight excluding hydrogens is 373 g/mol. The molecule has 0 bridgehead atoms. The van der Waals surface area contributed by atoms with Crippen molar-refractivity contribution >= 4 is 11.6 Å². The fourth-order valence-corrected chi connectivity index (χ4v) is 2.95. The van der Waals surface area contributed by atoms with Crippen LogP contribution in [0.3, 0.4) is 0 Å². The molecule has 0 radical (unpaired) electrons. The summed E-state index contributed by atoms with van der Waals surface area (Å²) in [5.74, 6) is 0.0698. The fraction of sp³-hybridized carbons (Fsp3) is 0.368. The van der Waals surface area contributed by atoms with E-state index >= 15 is 0 Å². The van der Waals surface area contributed by atoms with Crippen molar-refractivity contribution in [3.05, 3.63) is 48.2 Å². The molecule has 1 aromatic heterocycles. The lowest BCUT2D eigenvalue weighted by Gasteiger charge is -2.15. The van der Waals surface area contributed by atoms with Gasteiger partial charge in [-0.3, -0.25) is 0 Å². The molecule has 0 saturated heterocycles. The topological polar surface area (TPSA) is 81.8 Å².